The van der Waals surface area contributed by atoms with Crippen LogP contribution in [0.3, 0.4) is 0 Å². The first-order valence-electron chi connectivity index (χ1n) is 6.14. The second-order valence-electron chi connectivity index (χ2n) is 4.76. The molecule has 0 radical (unpaired) electrons. The summed E-state index contributed by atoms with van der Waals surface area (Å²) >= 11 is 3.35. The topological polar surface area (TPSA) is 84.6 Å². The quantitative estimate of drug-likeness (QED) is 0.707. The average molecular weight is 366 g/mol. The SMILES string of the molecule is Cl.NC1(C(=O)NCC(O)COc2ccccc2Br)CC1. The number of hydrogen-bond acceptors (Lipinski definition) is 4. The molecular weight excluding hydrogens is 348 g/mol. The number of amides is 1. The Morgan fingerprint density at radius 3 is 2.75 bits per heavy atom. The van der Waals surface area contributed by atoms with Crippen LogP contribution in [0.5, 0.6) is 5.75 Å². The fourth-order valence-corrected chi connectivity index (χ4v) is 1.95. The van der Waals surface area contributed by atoms with E-state index in [1.54, 1.807) is 6.07 Å². The molecule has 1 fully saturated rings. The van der Waals surface area contributed by atoms with Crippen LogP contribution in [0.15, 0.2) is 28.7 Å². The van der Waals surface area contributed by atoms with Gasteiger partial charge in [-0.3, -0.25) is 4.79 Å². The third-order valence-electron chi connectivity index (χ3n) is 3.01. The van der Waals surface area contributed by atoms with Crippen LogP contribution in [0.25, 0.3) is 0 Å². The third-order valence-corrected chi connectivity index (χ3v) is 3.66. The lowest BCUT2D eigenvalue weighted by Gasteiger charge is -2.15. The number of carbonyl (C=O) groups excluding carboxylic acids is 1. The Hall–Kier alpha value is -0.820. The highest BCUT2D eigenvalue weighted by atomic mass is 79.9. The van der Waals surface area contributed by atoms with Gasteiger partial charge in [-0.1, -0.05) is 12.1 Å². The van der Waals surface area contributed by atoms with Gasteiger partial charge in [-0.15, -0.1) is 12.4 Å². The number of halogens is 2. The van der Waals surface area contributed by atoms with Crippen molar-refractivity contribution in [3.8, 4) is 5.75 Å². The van der Waals surface area contributed by atoms with Gasteiger partial charge in [0.15, 0.2) is 0 Å². The highest BCUT2D eigenvalue weighted by molar-refractivity contribution is 9.10. The van der Waals surface area contributed by atoms with Crippen molar-refractivity contribution < 1.29 is 14.6 Å². The third kappa shape index (κ3) is 4.63. The number of aliphatic hydroxyl groups excluding tert-OH is 1. The summed E-state index contributed by atoms with van der Waals surface area (Å²) in [6.45, 7) is 0.253. The van der Waals surface area contributed by atoms with E-state index >= 15 is 0 Å². The van der Waals surface area contributed by atoms with E-state index in [0.717, 1.165) is 4.47 Å². The molecule has 0 saturated heterocycles. The number of nitrogens with two attached hydrogens (primary N) is 1. The van der Waals surface area contributed by atoms with E-state index in [4.69, 9.17) is 10.5 Å². The van der Waals surface area contributed by atoms with E-state index in [0.29, 0.717) is 18.6 Å². The molecular formula is C13H18BrClN2O3. The molecule has 7 heteroatoms. The Balaban J connectivity index is 0.00000200. The fourth-order valence-electron chi connectivity index (χ4n) is 1.55. The Bertz CT molecular complexity index is 469. The Morgan fingerprint density at radius 1 is 1.50 bits per heavy atom. The molecule has 0 spiro atoms. The molecule has 1 aliphatic rings. The maximum absolute atomic E-state index is 11.6. The Labute approximate surface area is 132 Å². The molecule has 0 aliphatic heterocycles. The van der Waals surface area contributed by atoms with Crippen LogP contribution in [0.2, 0.25) is 0 Å². The normalized spacial score (nSPS) is 16.8. The van der Waals surface area contributed by atoms with Crippen LogP contribution < -0.4 is 15.8 Å². The number of ether oxygens (including phenoxy) is 1. The minimum Gasteiger partial charge on any atom is -0.490 e. The standard InChI is InChI=1S/C13H17BrN2O3.ClH/c14-10-3-1-2-4-11(10)19-8-9(17)7-16-12(18)13(15)5-6-13;/h1-4,9,17H,5-8,15H2,(H,16,18);1H. The van der Waals surface area contributed by atoms with Crippen molar-refractivity contribution in [2.45, 2.75) is 24.5 Å². The first kappa shape index (κ1) is 17.2. The fraction of sp³-hybridized carbons (Fsp3) is 0.462. The van der Waals surface area contributed by atoms with E-state index in [9.17, 15) is 9.90 Å². The van der Waals surface area contributed by atoms with Gasteiger partial charge < -0.3 is 20.9 Å². The first-order valence-corrected chi connectivity index (χ1v) is 6.93. The van der Waals surface area contributed by atoms with Gasteiger partial charge in [-0.25, -0.2) is 0 Å². The summed E-state index contributed by atoms with van der Waals surface area (Å²) in [6.07, 6.45) is 0.656. The molecule has 0 heterocycles. The van der Waals surface area contributed by atoms with Crippen molar-refractivity contribution in [2.75, 3.05) is 13.2 Å². The number of hydrogen-bond donors (Lipinski definition) is 3. The second kappa shape index (κ2) is 7.26. The lowest BCUT2D eigenvalue weighted by atomic mass is 10.2. The van der Waals surface area contributed by atoms with Crippen molar-refractivity contribution in [1.29, 1.82) is 0 Å². The number of benzene rings is 1. The zero-order chi connectivity index (χ0) is 13.9. The van der Waals surface area contributed by atoms with E-state index in [1.165, 1.54) is 0 Å². The number of nitrogens with one attached hydrogen (secondary N) is 1. The van der Waals surface area contributed by atoms with Gasteiger partial charge in [-0.2, -0.15) is 0 Å². The Morgan fingerprint density at radius 2 is 2.15 bits per heavy atom. The van der Waals surface area contributed by atoms with Crippen LogP contribution in [0.4, 0.5) is 0 Å². The van der Waals surface area contributed by atoms with Crippen molar-refractivity contribution in [1.82, 2.24) is 5.32 Å². The van der Waals surface area contributed by atoms with Crippen LogP contribution in [-0.2, 0) is 4.79 Å². The number of rotatable bonds is 6. The van der Waals surface area contributed by atoms with Crippen molar-refractivity contribution in [3.63, 3.8) is 0 Å². The predicted molar refractivity (Wildman–Crippen MR) is 82.1 cm³/mol. The summed E-state index contributed by atoms with van der Waals surface area (Å²) in [5, 5.41) is 12.4. The van der Waals surface area contributed by atoms with Gasteiger partial charge in [0.2, 0.25) is 5.91 Å². The van der Waals surface area contributed by atoms with E-state index in [2.05, 4.69) is 21.2 Å². The molecule has 5 nitrogen and oxygen atoms in total. The number of aliphatic hydroxyl groups is 1. The molecule has 1 aromatic rings. The largest absolute Gasteiger partial charge is 0.490 e. The molecule has 4 N–H and O–H groups in total. The Kier molecular flexibility index (Phi) is 6.26. The molecule has 1 atom stereocenters. The van der Waals surface area contributed by atoms with Crippen molar-refractivity contribution in [2.24, 2.45) is 5.73 Å². The van der Waals surface area contributed by atoms with Crippen LogP contribution >= 0.6 is 28.3 Å². The van der Waals surface area contributed by atoms with Crippen LogP contribution in [0.1, 0.15) is 12.8 Å². The number of carbonyl (C=O) groups is 1. The predicted octanol–water partition coefficient (Wildman–Crippen LogP) is 1.22. The van der Waals surface area contributed by atoms with Crippen LogP contribution in [0, 0.1) is 0 Å². The molecule has 1 amide bonds. The second-order valence-corrected chi connectivity index (χ2v) is 5.62. The molecule has 2 rings (SSSR count). The molecule has 1 aliphatic carbocycles. The minimum atomic E-state index is -0.765. The van der Waals surface area contributed by atoms with Crippen LogP contribution in [-0.4, -0.2) is 35.8 Å². The van der Waals surface area contributed by atoms with Gasteiger partial charge in [0.1, 0.15) is 18.5 Å². The highest BCUT2D eigenvalue weighted by Gasteiger charge is 2.45. The van der Waals surface area contributed by atoms with E-state index in [1.807, 2.05) is 18.2 Å². The molecule has 1 saturated carbocycles. The smallest absolute Gasteiger partial charge is 0.240 e. The summed E-state index contributed by atoms with van der Waals surface area (Å²) in [7, 11) is 0. The van der Waals surface area contributed by atoms with Gasteiger partial charge in [0, 0.05) is 6.54 Å². The summed E-state index contributed by atoms with van der Waals surface area (Å²) in [5.41, 5.74) is 5.02. The molecule has 112 valence electrons. The highest BCUT2D eigenvalue weighted by Crippen LogP contribution is 2.32. The van der Waals surface area contributed by atoms with Gasteiger partial charge in [-0.05, 0) is 40.9 Å². The monoisotopic (exact) mass is 364 g/mol. The van der Waals surface area contributed by atoms with Crippen molar-refractivity contribution in [3.05, 3.63) is 28.7 Å². The molecule has 1 aromatic carbocycles. The molecule has 20 heavy (non-hydrogen) atoms. The van der Waals surface area contributed by atoms with Crippen molar-refractivity contribution >= 4 is 34.2 Å². The van der Waals surface area contributed by atoms with Gasteiger partial charge in [0.25, 0.3) is 0 Å². The summed E-state index contributed by atoms with van der Waals surface area (Å²) in [4.78, 5) is 11.6. The zero-order valence-corrected chi connectivity index (χ0v) is 13.2. The van der Waals surface area contributed by atoms with E-state index in [-0.39, 0.29) is 31.5 Å². The minimum absolute atomic E-state index is 0. The summed E-state index contributed by atoms with van der Waals surface area (Å²) < 4.78 is 6.28. The first-order chi connectivity index (χ1) is 9.01. The maximum atomic E-state index is 11.6. The molecule has 0 bridgehead atoms. The summed E-state index contributed by atoms with van der Waals surface area (Å²) in [6, 6.07) is 7.38. The zero-order valence-electron chi connectivity index (χ0n) is 10.8. The number of para-hydroxylation sites is 1. The molecule has 0 aromatic heterocycles. The maximum Gasteiger partial charge on any atom is 0.240 e. The lowest BCUT2D eigenvalue weighted by Crippen LogP contribution is -2.46. The van der Waals surface area contributed by atoms with Gasteiger partial charge >= 0.3 is 0 Å². The summed E-state index contributed by atoms with van der Waals surface area (Å²) in [5.74, 6) is 0.456. The van der Waals surface area contributed by atoms with E-state index < -0.39 is 11.6 Å². The lowest BCUT2D eigenvalue weighted by molar-refractivity contribution is -0.123. The van der Waals surface area contributed by atoms with Gasteiger partial charge in [0.05, 0.1) is 10.0 Å². The average Bonchev–Trinajstić information content (AvgIpc) is 3.14. The molecule has 1 unspecified atom stereocenters.